The first kappa shape index (κ1) is 46.3. The van der Waals surface area contributed by atoms with Gasteiger partial charge >= 0.3 is 29.8 Å². The number of hydrogen-bond donors (Lipinski definition) is 1. The van der Waals surface area contributed by atoms with E-state index in [0.29, 0.717) is 0 Å². The second-order valence-corrected chi connectivity index (χ2v) is 14.5. The van der Waals surface area contributed by atoms with Crippen LogP contribution in [0.3, 0.4) is 0 Å². The number of esters is 5. The SMILES string of the molecule is CC(=O)NC1[C@H](Oc2ccc([N+](=O)[O-])cc2)OC(COC(C)=O)[C@@H](OC2O[C@@H](C)C(OC(=O)c3ccccc3)C(OC(=O)c3ccccc3)[C@@H]2OC(=O)c2ccccc2)[C@@H]1OC(C)=O. The molecule has 0 bridgehead atoms. The number of nitrogens with one attached hydrogen (secondary N) is 1. The van der Waals surface area contributed by atoms with Crippen LogP contribution in [-0.4, -0.2) is 109 Å². The number of nitrogens with zero attached hydrogens (tertiary/aromatic N) is 1. The van der Waals surface area contributed by atoms with Crippen LogP contribution in [0.2, 0.25) is 0 Å². The van der Waals surface area contributed by atoms with Gasteiger partial charge in [-0.15, -0.1) is 0 Å². The fourth-order valence-corrected chi connectivity index (χ4v) is 6.96. The van der Waals surface area contributed by atoms with E-state index in [4.69, 9.17) is 42.6 Å². The number of rotatable bonds is 15. The molecule has 4 aromatic carbocycles. The Morgan fingerprint density at radius 2 is 1.09 bits per heavy atom. The van der Waals surface area contributed by atoms with E-state index >= 15 is 0 Å². The molecular weight excluding hydrogens is 840 g/mol. The van der Waals surface area contributed by atoms with Gasteiger partial charge in [0.2, 0.25) is 12.2 Å². The minimum atomic E-state index is -1.78. The topological polar surface area (TPSA) is 241 Å². The Morgan fingerprint density at radius 1 is 0.594 bits per heavy atom. The Morgan fingerprint density at radius 3 is 1.56 bits per heavy atom. The number of benzene rings is 4. The molecular formula is C45H44N2O17. The highest BCUT2D eigenvalue weighted by Gasteiger charge is 2.57. The predicted octanol–water partition coefficient (Wildman–Crippen LogP) is 4.50. The van der Waals surface area contributed by atoms with Gasteiger partial charge in [0.05, 0.1) is 27.7 Å². The van der Waals surface area contributed by atoms with Crippen molar-refractivity contribution in [1.29, 1.82) is 0 Å². The number of hydrogen-bond acceptors (Lipinski definition) is 17. The Kier molecular flexibility index (Phi) is 15.4. The van der Waals surface area contributed by atoms with E-state index in [2.05, 4.69) is 5.32 Å². The molecule has 0 aliphatic carbocycles. The molecule has 2 saturated heterocycles. The summed E-state index contributed by atoms with van der Waals surface area (Å²) in [5.41, 5.74) is 0.0535. The van der Waals surface area contributed by atoms with Crippen LogP contribution in [0.5, 0.6) is 5.75 Å². The van der Waals surface area contributed by atoms with Crippen LogP contribution in [0, 0.1) is 10.1 Å². The second-order valence-electron chi connectivity index (χ2n) is 14.5. The quantitative estimate of drug-likeness (QED) is 0.0748. The van der Waals surface area contributed by atoms with Gasteiger partial charge in [0.25, 0.3) is 5.69 Å². The van der Waals surface area contributed by atoms with Crippen molar-refractivity contribution < 1.29 is 76.3 Å². The molecule has 4 aromatic rings. The average Bonchev–Trinajstić information content (AvgIpc) is 3.27. The smallest absolute Gasteiger partial charge is 0.338 e. The van der Waals surface area contributed by atoms with Crippen molar-refractivity contribution in [3.63, 3.8) is 0 Å². The molecule has 19 nitrogen and oxygen atoms in total. The Hall–Kier alpha value is -7.22. The summed E-state index contributed by atoms with van der Waals surface area (Å²) < 4.78 is 54.6. The monoisotopic (exact) mass is 884 g/mol. The summed E-state index contributed by atoms with van der Waals surface area (Å²) in [5.74, 6) is -4.90. The van der Waals surface area contributed by atoms with E-state index < -0.39 is 109 Å². The fraction of sp³-hybridized carbons (Fsp3) is 0.333. The van der Waals surface area contributed by atoms with E-state index in [1.807, 2.05) is 0 Å². The first-order valence-corrected chi connectivity index (χ1v) is 19.9. The molecule has 19 heteroatoms. The molecule has 2 fully saturated rings. The maximum atomic E-state index is 13.9. The molecule has 10 atom stereocenters. The highest BCUT2D eigenvalue weighted by atomic mass is 16.8. The van der Waals surface area contributed by atoms with Crippen LogP contribution in [-0.2, 0) is 52.3 Å². The van der Waals surface area contributed by atoms with Gasteiger partial charge in [-0.3, -0.25) is 24.5 Å². The molecule has 0 aromatic heterocycles. The Balaban J connectivity index is 1.44. The minimum absolute atomic E-state index is 0.0367. The lowest BCUT2D eigenvalue weighted by atomic mass is 9.94. The average molecular weight is 885 g/mol. The van der Waals surface area contributed by atoms with Crippen molar-refractivity contribution in [3.05, 3.63) is 142 Å². The van der Waals surface area contributed by atoms with Crippen molar-refractivity contribution in [2.75, 3.05) is 6.61 Å². The molecule has 2 aliphatic rings. The lowest BCUT2D eigenvalue weighted by Gasteiger charge is -2.49. The maximum absolute atomic E-state index is 13.9. The fourth-order valence-electron chi connectivity index (χ4n) is 6.96. The van der Waals surface area contributed by atoms with Gasteiger partial charge in [-0.1, -0.05) is 54.6 Å². The van der Waals surface area contributed by atoms with Gasteiger partial charge in [-0.25, -0.2) is 14.4 Å². The van der Waals surface area contributed by atoms with E-state index in [1.54, 1.807) is 54.6 Å². The number of amides is 1. The van der Waals surface area contributed by atoms with Gasteiger partial charge in [0.15, 0.2) is 30.7 Å². The Labute approximate surface area is 365 Å². The summed E-state index contributed by atoms with van der Waals surface area (Å²) in [6, 6.07) is 27.0. The zero-order valence-corrected chi connectivity index (χ0v) is 34.8. The van der Waals surface area contributed by atoms with Crippen LogP contribution in [0.1, 0.15) is 58.8 Å². The lowest BCUT2D eigenvalue weighted by Crippen LogP contribution is -2.69. The van der Waals surface area contributed by atoms with E-state index in [0.717, 1.165) is 13.8 Å². The van der Waals surface area contributed by atoms with E-state index in [1.165, 1.54) is 74.5 Å². The molecule has 336 valence electrons. The third-order valence-electron chi connectivity index (χ3n) is 9.85. The van der Waals surface area contributed by atoms with Crippen LogP contribution in [0.25, 0.3) is 0 Å². The third kappa shape index (κ3) is 11.8. The van der Waals surface area contributed by atoms with Crippen LogP contribution >= 0.6 is 0 Å². The summed E-state index contributed by atoms with van der Waals surface area (Å²) in [4.78, 5) is 90.1. The number of carbonyl (C=O) groups excluding carboxylic acids is 6. The first-order valence-electron chi connectivity index (χ1n) is 19.9. The zero-order chi connectivity index (χ0) is 45.9. The molecule has 1 amide bonds. The van der Waals surface area contributed by atoms with Gasteiger partial charge in [0, 0.05) is 32.9 Å². The van der Waals surface area contributed by atoms with Gasteiger partial charge in [-0.2, -0.15) is 0 Å². The molecule has 2 heterocycles. The van der Waals surface area contributed by atoms with Crippen LogP contribution in [0.15, 0.2) is 115 Å². The van der Waals surface area contributed by atoms with Crippen LogP contribution in [0.4, 0.5) is 5.69 Å². The summed E-state index contributed by atoms with van der Waals surface area (Å²) >= 11 is 0. The molecule has 6 rings (SSSR count). The van der Waals surface area contributed by atoms with Crippen LogP contribution < -0.4 is 10.1 Å². The standard InChI is InChI=1S/C45H44N2O17/c1-25-36(61-41(51)29-14-8-5-9-15-29)39(62-42(52)30-16-10-6-11-17-30)40(63-43(53)31-18-12-7-13-19-31)45(57-25)64-37-34(24-56-27(3)49)60-44(35(46-26(2)48)38(37)58-28(4)50)59-33-22-20-32(21-23-33)47(54)55/h5-23,25,34-40,44-45H,24H2,1-4H3,(H,46,48)/t25-,34?,35?,36?,37+,38+,39?,40-,44+,45?/m0/s1. The Bertz CT molecular complexity index is 2280. The van der Waals surface area contributed by atoms with Gasteiger partial charge < -0.3 is 47.9 Å². The van der Waals surface area contributed by atoms with Crippen molar-refractivity contribution in [3.8, 4) is 5.75 Å². The molecule has 0 saturated carbocycles. The van der Waals surface area contributed by atoms with E-state index in [-0.39, 0.29) is 28.1 Å². The van der Waals surface area contributed by atoms with Crippen molar-refractivity contribution >= 4 is 41.4 Å². The summed E-state index contributed by atoms with van der Waals surface area (Å²) in [7, 11) is 0. The molecule has 64 heavy (non-hydrogen) atoms. The number of ether oxygens (including phenoxy) is 9. The van der Waals surface area contributed by atoms with Crippen molar-refractivity contribution in [2.45, 2.75) is 89.0 Å². The summed E-state index contributed by atoms with van der Waals surface area (Å²) in [5, 5.41) is 14.0. The predicted molar refractivity (Wildman–Crippen MR) is 218 cm³/mol. The number of carbonyl (C=O) groups is 6. The molecule has 1 N–H and O–H groups in total. The molecule has 5 unspecified atom stereocenters. The van der Waals surface area contributed by atoms with Crippen molar-refractivity contribution in [2.24, 2.45) is 0 Å². The number of non-ortho nitro benzene ring substituents is 1. The van der Waals surface area contributed by atoms with Gasteiger partial charge in [0.1, 0.15) is 30.6 Å². The zero-order valence-electron chi connectivity index (χ0n) is 34.8. The maximum Gasteiger partial charge on any atom is 0.338 e. The summed E-state index contributed by atoms with van der Waals surface area (Å²) in [6.45, 7) is 4.29. The normalized spacial score (nSPS) is 25.1. The molecule has 0 radical (unpaired) electrons. The minimum Gasteiger partial charge on any atom is -0.463 e. The summed E-state index contributed by atoms with van der Waals surface area (Å²) in [6.07, 6.45) is -14.0. The highest BCUT2D eigenvalue weighted by molar-refractivity contribution is 5.91. The molecule has 0 spiro atoms. The highest BCUT2D eigenvalue weighted by Crippen LogP contribution is 2.36. The van der Waals surface area contributed by atoms with Crippen molar-refractivity contribution in [1.82, 2.24) is 5.32 Å². The number of nitro benzene ring substituents is 1. The van der Waals surface area contributed by atoms with Gasteiger partial charge in [-0.05, 0) is 55.5 Å². The lowest BCUT2D eigenvalue weighted by molar-refractivity contribution is -0.384. The number of nitro groups is 1. The van der Waals surface area contributed by atoms with E-state index in [9.17, 15) is 38.9 Å². The first-order chi connectivity index (χ1) is 30.7. The largest absolute Gasteiger partial charge is 0.463 e. The third-order valence-corrected chi connectivity index (χ3v) is 9.85. The molecule has 2 aliphatic heterocycles. The second kappa shape index (κ2) is 21.2.